The number of nitrogens with one attached hydrogen (secondary N) is 1. The number of imide groups is 1. The summed E-state index contributed by atoms with van der Waals surface area (Å²) in [6.07, 6.45) is 3.03. The summed E-state index contributed by atoms with van der Waals surface area (Å²) in [6, 6.07) is 6.61. The maximum Gasteiger partial charge on any atom is 0.262 e. The van der Waals surface area contributed by atoms with Gasteiger partial charge in [0.15, 0.2) is 5.13 Å². The number of thiazole rings is 1. The summed E-state index contributed by atoms with van der Waals surface area (Å²) < 4.78 is 0. The lowest BCUT2D eigenvalue weighted by Gasteiger charge is -2.15. The van der Waals surface area contributed by atoms with Gasteiger partial charge in [-0.1, -0.05) is 19.1 Å². The second-order valence-corrected chi connectivity index (χ2v) is 7.61. The van der Waals surface area contributed by atoms with Gasteiger partial charge < -0.3 is 5.32 Å². The number of aromatic nitrogens is 1. The minimum absolute atomic E-state index is 0.299. The van der Waals surface area contributed by atoms with Crippen LogP contribution in [0.15, 0.2) is 24.3 Å². The third-order valence-corrected chi connectivity index (χ3v) is 5.65. The van der Waals surface area contributed by atoms with E-state index in [-0.39, 0.29) is 6.54 Å². The van der Waals surface area contributed by atoms with Gasteiger partial charge in [-0.2, -0.15) is 0 Å². The summed E-state index contributed by atoms with van der Waals surface area (Å²) in [4.78, 5) is 43.6. The van der Waals surface area contributed by atoms with Crippen LogP contribution >= 0.6 is 11.3 Å². The van der Waals surface area contributed by atoms with E-state index in [1.165, 1.54) is 16.2 Å². The fraction of sp³-hybridized carbons (Fsp3) is 0.333. The van der Waals surface area contributed by atoms with Crippen molar-refractivity contribution in [3.8, 4) is 0 Å². The van der Waals surface area contributed by atoms with Crippen LogP contribution in [-0.4, -0.2) is 34.2 Å². The molecule has 0 saturated carbocycles. The summed E-state index contributed by atoms with van der Waals surface area (Å²) in [5, 5.41) is 3.27. The Morgan fingerprint density at radius 3 is 2.64 bits per heavy atom. The molecule has 2 heterocycles. The van der Waals surface area contributed by atoms with Crippen molar-refractivity contribution in [2.45, 2.75) is 26.2 Å². The lowest BCUT2D eigenvalue weighted by molar-refractivity contribution is -0.116. The van der Waals surface area contributed by atoms with Gasteiger partial charge in [0.05, 0.1) is 16.8 Å². The molecule has 0 fully saturated rings. The molecule has 1 atom stereocenters. The molecule has 1 aliphatic heterocycles. The van der Waals surface area contributed by atoms with Gasteiger partial charge in [0.25, 0.3) is 11.8 Å². The van der Waals surface area contributed by atoms with Gasteiger partial charge in [-0.05, 0) is 37.3 Å². The number of hydrogen-bond acceptors (Lipinski definition) is 5. The molecule has 0 spiro atoms. The Balaban J connectivity index is 1.45. The molecular weight excluding hydrogens is 338 g/mol. The summed E-state index contributed by atoms with van der Waals surface area (Å²) in [6.45, 7) is 1.91. The lowest BCUT2D eigenvalue weighted by atomic mass is 9.93. The number of nitrogens with zero attached hydrogens (tertiary/aromatic N) is 2. The fourth-order valence-electron chi connectivity index (χ4n) is 3.28. The van der Waals surface area contributed by atoms with Gasteiger partial charge >= 0.3 is 0 Å². The van der Waals surface area contributed by atoms with Crippen LogP contribution in [0.1, 0.15) is 44.6 Å². The Hall–Kier alpha value is -2.54. The van der Waals surface area contributed by atoms with Crippen LogP contribution in [0.2, 0.25) is 0 Å². The van der Waals surface area contributed by atoms with Crippen molar-refractivity contribution in [2.75, 3.05) is 11.9 Å². The summed E-state index contributed by atoms with van der Waals surface area (Å²) in [5.74, 6) is -0.630. The van der Waals surface area contributed by atoms with E-state index in [1.54, 1.807) is 24.3 Å². The Kier molecular flexibility index (Phi) is 3.88. The van der Waals surface area contributed by atoms with E-state index >= 15 is 0 Å². The standard InChI is InChI=1S/C18H17N3O3S/c1-10-6-7-13-14(8-10)25-18(19-13)20-15(22)9-21-16(23)11-4-2-3-5-12(11)17(21)24/h2-5,10H,6-9H2,1H3,(H,19,20,22)/t10-/m1/s1. The molecule has 6 nitrogen and oxygen atoms in total. The highest BCUT2D eigenvalue weighted by Gasteiger charge is 2.36. The Morgan fingerprint density at radius 1 is 1.28 bits per heavy atom. The fourth-order valence-corrected chi connectivity index (χ4v) is 4.47. The van der Waals surface area contributed by atoms with Crippen molar-refractivity contribution in [1.82, 2.24) is 9.88 Å². The number of carbonyl (C=O) groups excluding carboxylic acids is 3. The molecule has 128 valence electrons. The number of hydrogen-bond donors (Lipinski definition) is 1. The van der Waals surface area contributed by atoms with Crippen LogP contribution in [0.4, 0.5) is 5.13 Å². The number of rotatable bonds is 3. The highest BCUT2D eigenvalue weighted by molar-refractivity contribution is 7.15. The molecule has 1 aromatic heterocycles. The Morgan fingerprint density at radius 2 is 1.96 bits per heavy atom. The monoisotopic (exact) mass is 355 g/mol. The maximum absolute atomic E-state index is 12.3. The SMILES string of the molecule is C[C@@H]1CCc2nc(NC(=O)CN3C(=O)c4ccccc4C3=O)sc2C1. The van der Waals surface area contributed by atoms with E-state index in [9.17, 15) is 14.4 Å². The third kappa shape index (κ3) is 2.84. The summed E-state index contributed by atoms with van der Waals surface area (Å²) >= 11 is 1.48. The smallest absolute Gasteiger partial charge is 0.262 e. The van der Waals surface area contributed by atoms with Gasteiger partial charge in [0.2, 0.25) is 5.91 Å². The zero-order valence-corrected chi connectivity index (χ0v) is 14.6. The van der Waals surface area contributed by atoms with Crippen LogP contribution in [0.5, 0.6) is 0 Å². The Bertz CT molecular complexity index is 854. The molecule has 4 rings (SSSR count). The van der Waals surface area contributed by atoms with Crippen LogP contribution in [0, 0.1) is 5.92 Å². The second-order valence-electron chi connectivity index (χ2n) is 6.53. The molecule has 0 saturated heterocycles. The highest BCUT2D eigenvalue weighted by atomic mass is 32.1. The van der Waals surface area contributed by atoms with Gasteiger partial charge in [-0.25, -0.2) is 4.98 Å². The zero-order chi connectivity index (χ0) is 17.6. The first kappa shape index (κ1) is 16.0. The van der Waals surface area contributed by atoms with E-state index in [0.29, 0.717) is 22.2 Å². The van der Waals surface area contributed by atoms with Crippen molar-refractivity contribution < 1.29 is 14.4 Å². The molecule has 7 heteroatoms. The van der Waals surface area contributed by atoms with Crippen LogP contribution in [0.3, 0.4) is 0 Å². The molecule has 0 bridgehead atoms. The zero-order valence-electron chi connectivity index (χ0n) is 13.7. The predicted molar refractivity (Wildman–Crippen MR) is 93.7 cm³/mol. The van der Waals surface area contributed by atoms with Crippen molar-refractivity contribution in [3.05, 3.63) is 46.0 Å². The van der Waals surface area contributed by atoms with Crippen molar-refractivity contribution in [2.24, 2.45) is 5.92 Å². The van der Waals surface area contributed by atoms with Crippen molar-refractivity contribution >= 4 is 34.2 Å². The van der Waals surface area contributed by atoms with E-state index in [4.69, 9.17) is 0 Å². The quantitative estimate of drug-likeness (QED) is 0.858. The van der Waals surface area contributed by atoms with Crippen molar-refractivity contribution in [3.63, 3.8) is 0 Å². The van der Waals surface area contributed by atoms with E-state index in [0.717, 1.165) is 29.9 Å². The van der Waals surface area contributed by atoms with Gasteiger partial charge in [-0.3, -0.25) is 19.3 Å². The number of benzene rings is 1. The first-order valence-corrected chi connectivity index (χ1v) is 9.08. The van der Waals surface area contributed by atoms with E-state index in [2.05, 4.69) is 17.2 Å². The predicted octanol–water partition coefficient (Wildman–Crippen LogP) is 2.50. The maximum atomic E-state index is 12.3. The lowest BCUT2D eigenvalue weighted by Crippen LogP contribution is -2.37. The minimum Gasteiger partial charge on any atom is -0.300 e. The number of aryl methyl sites for hydroxylation is 1. The largest absolute Gasteiger partial charge is 0.300 e. The molecule has 0 radical (unpaired) electrons. The second kappa shape index (κ2) is 6.07. The minimum atomic E-state index is -0.428. The molecule has 1 aliphatic carbocycles. The van der Waals surface area contributed by atoms with Crippen LogP contribution in [-0.2, 0) is 17.6 Å². The molecule has 2 aliphatic rings. The van der Waals surface area contributed by atoms with Gasteiger partial charge in [-0.15, -0.1) is 11.3 Å². The molecule has 1 aromatic carbocycles. The number of carbonyl (C=O) groups is 3. The summed E-state index contributed by atoms with van der Waals surface area (Å²) in [7, 11) is 0. The van der Waals surface area contributed by atoms with E-state index < -0.39 is 17.7 Å². The number of anilines is 1. The van der Waals surface area contributed by atoms with Crippen molar-refractivity contribution in [1.29, 1.82) is 0 Å². The average Bonchev–Trinajstić information content (AvgIpc) is 3.09. The molecular formula is C18H17N3O3S. The number of amides is 3. The summed E-state index contributed by atoms with van der Waals surface area (Å²) in [5.41, 5.74) is 1.75. The third-order valence-electron chi connectivity index (χ3n) is 4.61. The van der Waals surface area contributed by atoms with Gasteiger partial charge in [0.1, 0.15) is 6.54 Å². The molecule has 3 amide bonds. The first-order chi connectivity index (χ1) is 12.0. The van der Waals surface area contributed by atoms with E-state index in [1.807, 2.05) is 0 Å². The molecule has 0 unspecified atom stereocenters. The average molecular weight is 355 g/mol. The molecule has 2 aromatic rings. The first-order valence-electron chi connectivity index (χ1n) is 8.26. The molecule has 25 heavy (non-hydrogen) atoms. The van der Waals surface area contributed by atoms with Crippen LogP contribution in [0.25, 0.3) is 0 Å². The topological polar surface area (TPSA) is 79.4 Å². The molecule has 1 N–H and O–H groups in total. The highest BCUT2D eigenvalue weighted by Crippen LogP contribution is 2.32. The number of fused-ring (bicyclic) bond motifs is 2. The Labute approximate surface area is 148 Å². The van der Waals surface area contributed by atoms with Gasteiger partial charge in [0, 0.05) is 4.88 Å². The van der Waals surface area contributed by atoms with Crippen LogP contribution < -0.4 is 5.32 Å². The normalized spacial score (nSPS) is 18.9.